The third kappa shape index (κ3) is 12.3. The lowest BCUT2D eigenvalue weighted by Crippen LogP contribution is -2.30. The molecule has 0 aromatic heterocycles. The molecule has 0 aliphatic carbocycles. The molecule has 0 unspecified atom stereocenters. The summed E-state index contributed by atoms with van der Waals surface area (Å²) < 4.78 is 14.9. The molecule has 0 radical (unpaired) electrons. The molecule has 1 rings (SSSR count). The van der Waals surface area contributed by atoms with E-state index in [0.717, 1.165) is 51.4 Å². The zero-order valence-corrected chi connectivity index (χ0v) is 17.0. The first-order valence-corrected chi connectivity index (χ1v) is 11.3. The van der Waals surface area contributed by atoms with Crippen LogP contribution in [0.1, 0.15) is 68.1 Å². The van der Waals surface area contributed by atoms with E-state index < -0.39 is 14.9 Å². The maximum absolute atomic E-state index is 12.0. The van der Waals surface area contributed by atoms with Gasteiger partial charge in [-0.05, 0) is 30.4 Å². The van der Waals surface area contributed by atoms with E-state index in [-0.39, 0.29) is 12.5 Å². The number of phosphoric acid groups is 1. The average Bonchev–Trinajstić information content (AvgIpc) is 2.64. The Morgan fingerprint density at radius 3 is 1.89 bits per heavy atom. The Bertz CT molecular complexity index is 606. The summed E-state index contributed by atoms with van der Waals surface area (Å²) in [4.78, 5) is 29.1. The normalized spacial score (nSPS) is 11.4. The van der Waals surface area contributed by atoms with Gasteiger partial charge in [0, 0.05) is 12.1 Å². The van der Waals surface area contributed by atoms with Crippen molar-refractivity contribution in [2.45, 2.75) is 57.8 Å². The van der Waals surface area contributed by atoms with E-state index >= 15 is 0 Å². The number of nitrogens with one attached hydrogen (secondary N) is 1. The smallest absolute Gasteiger partial charge is 0.423 e. The van der Waals surface area contributed by atoms with Crippen LogP contribution >= 0.6 is 7.82 Å². The Morgan fingerprint density at radius 1 is 0.893 bits per heavy atom. The zero-order valence-electron chi connectivity index (χ0n) is 16.1. The molecule has 0 fully saturated rings. The first kappa shape index (κ1) is 24.8. The highest BCUT2D eigenvalue weighted by molar-refractivity contribution is 7.46. The van der Waals surface area contributed by atoms with Gasteiger partial charge in [0.15, 0.2) is 0 Å². The molecule has 0 saturated heterocycles. The van der Waals surface area contributed by atoms with Gasteiger partial charge in [-0.1, -0.05) is 57.1 Å². The summed E-state index contributed by atoms with van der Waals surface area (Å²) in [6.45, 7) is 0.715. The summed E-state index contributed by atoms with van der Waals surface area (Å²) in [6.07, 6.45) is 9.05. The first-order chi connectivity index (χ1) is 13.3. The molecular weight excluding hydrogens is 384 g/mol. The van der Waals surface area contributed by atoms with Gasteiger partial charge in [0.05, 0.1) is 6.61 Å². The Morgan fingerprint density at radius 2 is 1.39 bits per heavy atom. The third-order valence-corrected chi connectivity index (χ3v) is 4.86. The van der Waals surface area contributed by atoms with Crippen LogP contribution in [0.2, 0.25) is 0 Å². The van der Waals surface area contributed by atoms with Gasteiger partial charge in [0.2, 0.25) is 0 Å². The fourth-order valence-electron chi connectivity index (χ4n) is 2.76. The monoisotopic (exact) mass is 415 g/mol. The van der Waals surface area contributed by atoms with Gasteiger partial charge >= 0.3 is 14.9 Å². The predicted octanol–water partition coefficient (Wildman–Crippen LogP) is 1.72. The van der Waals surface area contributed by atoms with Gasteiger partial charge in [-0.3, -0.25) is 9.32 Å². The van der Waals surface area contributed by atoms with Crippen molar-refractivity contribution in [3.63, 3.8) is 0 Å². The Kier molecular flexibility index (Phi) is 12.3. The molecule has 0 aliphatic rings. The standard InChI is InChI=1S/C18H31BNO7P/c21-18(16-10-12-17(13-11-16)19(22)23)20-14-8-6-4-2-1-3-5-7-9-15-27-28(24,25)26/h10-13,22-23H,1-9,14-15H2,(H,20,21)(H2,24,25,26). The maximum atomic E-state index is 12.0. The minimum Gasteiger partial charge on any atom is -0.423 e. The summed E-state index contributed by atoms with van der Waals surface area (Å²) >= 11 is 0. The van der Waals surface area contributed by atoms with E-state index in [0.29, 0.717) is 24.0 Å². The molecule has 5 N–H and O–H groups in total. The molecule has 1 amide bonds. The summed E-state index contributed by atoms with van der Waals surface area (Å²) in [5.41, 5.74) is 0.849. The lowest BCUT2D eigenvalue weighted by molar-refractivity contribution is 0.0952. The first-order valence-electron chi connectivity index (χ1n) is 9.74. The Balaban J connectivity index is 1.93. The van der Waals surface area contributed by atoms with Crippen LogP contribution in [0.25, 0.3) is 0 Å². The van der Waals surface area contributed by atoms with Crippen molar-refractivity contribution >= 4 is 26.3 Å². The number of unbranched alkanes of at least 4 members (excludes halogenated alkanes) is 8. The van der Waals surface area contributed by atoms with Crippen LogP contribution in [-0.2, 0) is 9.09 Å². The van der Waals surface area contributed by atoms with Crippen LogP contribution in [0.4, 0.5) is 0 Å². The van der Waals surface area contributed by atoms with Crippen molar-refractivity contribution in [2.75, 3.05) is 13.2 Å². The van der Waals surface area contributed by atoms with E-state index in [1.54, 1.807) is 12.1 Å². The molecule has 28 heavy (non-hydrogen) atoms. The molecule has 158 valence electrons. The van der Waals surface area contributed by atoms with Crippen LogP contribution in [0, 0.1) is 0 Å². The number of phosphoric ester groups is 1. The van der Waals surface area contributed by atoms with Gasteiger partial charge < -0.3 is 25.2 Å². The van der Waals surface area contributed by atoms with Crippen LogP contribution < -0.4 is 10.8 Å². The summed E-state index contributed by atoms with van der Waals surface area (Å²) in [6, 6.07) is 6.18. The highest BCUT2D eigenvalue weighted by Gasteiger charge is 2.12. The fourth-order valence-corrected chi connectivity index (χ4v) is 3.13. The number of rotatable bonds is 15. The van der Waals surface area contributed by atoms with Gasteiger partial charge in [-0.25, -0.2) is 4.57 Å². The fraction of sp³-hybridized carbons (Fsp3) is 0.611. The molecule has 0 heterocycles. The third-order valence-electron chi connectivity index (χ3n) is 4.34. The zero-order chi connectivity index (χ0) is 20.8. The topological polar surface area (TPSA) is 136 Å². The van der Waals surface area contributed by atoms with Gasteiger partial charge in [-0.2, -0.15) is 0 Å². The van der Waals surface area contributed by atoms with Crippen molar-refractivity contribution in [1.82, 2.24) is 5.32 Å². The molecule has 0 aliphatic heterocycles. The Hall–Kier alpha value is -1.22. The van der Waals surface area contributed by atoms with Gasteiger partial charge in [0.25, 0.3) is 5.91 Å². The number of hydrogen-bond acceptors (Lipinski definition) is 5. The van der Waals surface area contributed by atoms with Crippen LogP contribution in [-0.4, -0.2) is 46.0 Å². The number of carbonyl (C=O) groups excluding carboxylic acids is 1. The molecule has 1 aromatic rings. The average molecular weight is 415 g/mol. The molecule has 8 nitrogen and oxygen atoms in total. The van der Waals surface area contributed by atoms with E-state index in [1.807, 2.05) is 0 Å². The van der Waals surface area contributed by atoms with Crippen molar-refractivity contribution < 1.29 is 33.7 Å². The highest BCUT2D eigenvalue weighted by Crippen LogP contribution is 2.35. The molecular formula is C18H31BNO7P. The second kappa shape index (κ2) is 13.9. The minimum absolute atomic E-state index is 0.101. The van der Waals surface area contributed by atoms with E-state index in [2.05, 4.69) is 9.84 Å². The minimum atomic E-state index is -4.32. The maximum Gasteiger partial charge on any atom is 0.488 e. The lowest BCUT2D eigenvalue weighted by Gasteiger charge is -2.07. The summed E-state index contributed by atoms with van der Waals surface area (Å²) in [7, 11) is -5.85. The second-order valence-corrected chi connectivity index (χ2v) is 8.00. The van der Waals surface area contributed by atoms with Crippen molar-refractivity contribution in [2.24, 2.45) is 0 Å². The number of benzene rings is 1. The predicted molar refractivity (Wildman–Crippen MR) is 108 cm³/mol. The van der Waals surface area contributed by atoms with Crippen molar-refractivity contribution in [3.8, 4) is 0 Å². The quantitative estimate of drug-likeness (QED) is 0.167. The van der Waals surface area contributed by atoms with Crippen molar-refractivity contribution in [1.29, 1.82) is 0 Å². The molecule has 0 atom stereocenters. The number of carbonyl (C=O) groups is 1. The van der Waals surface area contributed by atoms with Crippen LogP contribution in [0.3, 0.4) is 0 Å². The van der Waals surface area contributed by atoms with E-state index in [9.17, 15) is 9.36 Å². The van der Waals surface area contributed by atoms with Crippen molar-refractivity contribution in [3.05, 3.63) is 29.8 Å². The number of amides is 1. The van der Waals surface area contributed by atoms with E-state index in [1.165, 1.54) is 12.1 Å². The summed E-state index contributed by atoms with van der Waals surface area (Å²) in [5, 5.41) is 20.9. The largest absolute Gasteiger partial charge is 0.488 e. The molecule has 10 heteroatoms. The Labute approximate surface area is 166 Å². The highest BCUT2D eigenvalue weighted by atomic mass is 31.2. The molecule has 0 bridgehead atoms. The van der Waals surface area contributed by atoms with Gasteiger partial charge in [-0.15, -0.1) is 0 Å². The van der Waals surface area contributed by atoms with Crippen LogP contribution in [0.5, 0.6) is 0 Å². The van der Waals surface area contributed by atoms with Crippen LogP contribution in [0.15, 0.2) is 24.3 Å². The summed E-state index contributed by atoms with van der Waals surface area (Å²) in [5.74, 6) is -0.165. The van der Waals surface area contributed by atoms with E-state index in [4.69, 9.17) is 19.8 Å². The second-order valence-electron chi connectivity index (χ2n) is 6.76. The SMILES string of the molecule is O=C(NCCCCCCCCCCCOP(=O)(O)O)c1ccc(B(O)O)cc1. The molecule has 0 spiro atoms. The lowest BCUT2D eigenvalue weighted by atomic mass is 9.80. The molecule has 0 saturated carbocycles. The molecule has 1 aromatic carbocycles. The number of hydrogen-bond donors (Lipinski definition) is 5. The van der Waals surface area contributed by atoms with Gasteiger partial charge in [0.1, 0.15) is 0 Å².